The van der Waals surface area contributed by atoms with Crippen LogP contribution in [0.15, 0.2) is 67.3 Å². The predicted octanol–water partition coefficient (Wildman–Crippen LogP) is 3.96. The molecular weight excluding hydrogens is 426 g/mol. The Bertz CT molecular complexity index is 1230. The number of nitrogens with zero attached hydrogens (tertiary/aromatic N) is 1. The van der Waals surface area contributed by atoms with Crippen LogP contribution in [0.5, 0.6) is 5.75 Å². The van der Waals surface area contributed by atoms with Gasteiger partial charge in [0, 0.05) is 35.4 Å². The second kappa shape index (κ2) is 9.84. The molecular formula is C24H27N3O4S. The fourth-order valence-corrected chi connectivity index (χ4v) is 4.58. The summed E-state index contributed by atoms with van der Waals surface area (Å²) in [7, 11) is -1.82. The van der Waals surface area contributed by atoms with Gasteiger partial charge in [0.15, 0.2) is 0 Å². The van der Waals surface area contributed by atoms with Crippen LogP contribution in [-0.4, -0.2) is 32.5 Å². The van der Waals surface area contributed by atoms with Crippen LogP contribution in [-0.2, 0) is 15.8 Å². The molecule has 0 aliphatic heterocycles. The van der Waals surface area contributed by atoms with E-state index in [1.165, 1.54) is 6.08 Å². The molecule has 3 aromatic rings. The Morgan fingerprint density at radius 1 is 1.12 bits per heavy atom. The van der Waals surface area contributed by atoms with Crippen molar-refractivity contribution in [3.8, 4) is 11.4 Å². The Hall–Kier alpha value is -3.36. The topological polar surface area (TPSA) is 89.4 Å². The molecule has 0 spiro atoms. The van der Waals surface area contributed by atoms with Crippen LogP contribution in [0.3, 0.4) is 0 Å². The molecule has 2 aromatic carbocycles. The fourth-order valence-electron chi connectivity index (χ4n) is 3.48. The largest absolute Gasteiger partial charge is 0.497 e. The normalized spacial score (nSPS) is 11.2. The molecule has 2 N–H and O–H groups in total. The number of hydrogen-bond acceptors (Lipinski definition) is 4. The third kappa shape index (κ3) is 5.46. The number of rotatable bonds is 9. The van der Waals surface area contributed by atoms with E-state index in [1.807, 2.05) is 48.7 Å². The molecule has 0 fully saturated rings. The van der Waals surface area contributed by atoms with E-state index in [-0.39, 0.29) is 18.2 Å². The highest BCUT2D eigenvalue weighted by atomic mass is 32.2. The van der Waals surface area contributed by atoms with Crippen LogP contribution < -0.4 is 14.8 Å². The van der Waals surface area contributed by atoms with Crippen molar-refractivity contribution in [2.24, 2.45) is 0 Å². The highest BCUT2D eigenvalue weighted by molar-refractivity contribution is 7.88. The maximum Gasteiger partial charge on any atom is 0.257 e. The third-order valence-corrected chi connectivity index (χ3v) is 6.32. The summed E-state index contributed by atoms with van der Waals surface area (Å²) in [5.41, 5.74) is 4.41. The van der Waals surface area contributed by atoms with E-state index in [4.69, 9.17) is 4.74 Å². The molecule has 1 heterocycles. The van der Waals surface area contributed by atoms with Gasteiger partial charge in [0.2, 0.25) is 10.0 Å². The lowest BCUT2D eigenvalue weighted by Crippen LogP contribution is -2.25. The molecule has 7 nitrogen and oxygen atoms in total. The van der Waals surface area contributed by atoms with Crippen molar-refractivity contribution < 1.29 is 17.9 Å². The van der Waals surface area contributed by atoms with Crippen molar-refractivity contribution in [3.63, 3.8) is 0 Å². The molecule has 0 atom stereocenters. The molecule has 0 bridgehead atoms. The Labute approximate surface area is 188 Å². The van der Waals surface area contributed by atoms with Crippen LogP contribution in [0.4, 0.5) is 5.69 Å². The summed E-state index contributed by atoms with van der Waals surface area (Å²) in [6.07, 6.45) is 1.49. The molecule has 3 rings (SSSR count). The number of carbonyl (C=O) groups is 1. The molecule has 168 valence electrons. The van der Waals surface area contributed by atoms with E-state index in [9.17, 15) is 13.2 Å². The first kappa shape index (κ1) is 23.3. The van der Waals surface area contributed by atoms with Gasteiger partial charge in [0.1, 0.15) is 5.75 Å². The van der Waals surface area contributed by atoms with E-state index in [0.29, 0.717) is 16.8 Å². The van der Waals surface area contributed by atoms with Gasteiger partial charge < -0.3 is 14.6 Å². The van der Waals surface area contributed by atoms with E-state index in [2.05, 4.69) is 16.6 Å². The number of methoxy groups -OCH3 is 1. The fraction of sp³-hybridized carbons (Fsp3) is 0.208. The lowest BCUT2D eigenvalue weighted by atomic mass is 10.2. The minimum Gasteiger partial charge on any atom is -0.497 e. The van der Waals surface area contributed by atoms with E-state index in [0.717, 1.165) is 22.8 Å². The maximum absolute atomic E-state index is 12.9. The van der Waals surface area contributed by atoms with Crippen molar-refractivity contribution in [3.05, 3.63) is 89.8 Å². The van der Waals surface area contributed by atoms with Gasteiger partial charge in [-0.25, -0.2) is 13.1 Å². The molecule has 0 saturated heterocycles. The first-order chi connectivity index (χ1) is 15.2. The molecule has 1 amide bonds. The number of carbonyl (C=O) groups excluding carboxylic acids is 1. The number of benzene rings is 2. The van der Waals surface area contributed by atoms with Crippen LogP contribution in [0.1, 0.15) is 27.3 Å². The van der Waals surface area contributed by atoms with Gasteiger partial charge in [-0.15, -0.1) is 6.58 Å². The Morgan fingerprint density at radius 3 is 2.50 bits per heavy atom. The van der Waals surface area contributed by atoms with Gasteiger partial charge in [0.25, 0.3) is 5.91 Å². The molecule has 1 aromatic heterocycles. The standard InChI is InChI=1S/C24H27N3O4S/c1-5-13-25-32(29,30)16-19-9-11-20(12-10-19)26-24(28)23-14-17(2)27(18(23)3)21-7-6-8-22(15-21)31-4/h5-12,14-15,25H,1,13,16H2,2-4H3,(H,26,28). The number of aromatic nitrogens is 1. The number of amides is 1. The van der Waals surface area contributed by atoms with E-state index < -0.39 is 10.0 Å². The second-order valence-corrected chi connectivity index (χ2v) is 9.18. The average molecular weight is 454 g/mol. The number of sulfonamides is 1. The van der Waals surface area contributed by atoms with Crippen LogP contribution in [0, 0.1) is 13.8 Å². The van der Waals surface area contributed by atoms with Crippen LogP contribution in [0.25, 0.3) is 5.69 Å². The monoisotopic (exact) mass is 453 g/mol. The highest BCUT2D eigenvalue weighted by Crippen LogP contribution is 2.24. The predicted molar refractivity (Wildman–Crippen MR) is 127 cm³/mol. The molecule has 0 saturated carbocycles. The number of anilines is 1. The summed E-state index contributed by atoms with van der Waals surface area (Å²) < 4.78 is 33.7. The summed E-state index contributed by atoms with van der Waals surface area (Å²) in [6.45, 7) is 7.52. The van der Waals surface area contributed by atoms with Crippen molar-refractivity contribution >= 4 is 21.6 Å². The van der Waals surface area contributed by atoms with Crippen LogP contribution in [0.2, 0.25) is 0 Å². The summed E-state index contributed by atoms with van der Waals surface area (Å²) in [5.74, 6) is 0.361. The highest BCUT2D eigenvalue weighted by Gasteiger charge is 2.17. The Kier molecular flexibility index (Phi) is 7.17. The molecule has 0 aliphatic rings. The number of aryl methyl sites for hydroxylation is 1. The number of hydrogen-bond donors (Lipinski definition) is 2. The van der Waals surface area contributed by atoms with Crippen molar-refractivity contribution in [1.29, 1.82) is 0 Å². The minimum atomic E-state index is -3.44. The summed E-state index contributed by atoms with van der Waals surface area (Å²) in [4.78, 5) is 12.9. The van der Waals surface area contributed by atoms with E-state index >= 15 is 0 Å². The first-order valence-corrected chi connectivity index (χ1v) is 11.7. The average Bonchev–Trinajstić information content (AvgIpc) is 3.07. The summed E-state index contributed by atoms with van der Waals surface area (Å²) in [6, 6.07) is 16.2. The number of nitrogens with one attached hydrogen (secondary N) is 2. The quantitative estimate of drug-likeness (QED) is 0.480. The third-order valence-electron chi connectivity index (χ3n) is 5.00. The van der Waals surface area contributed by atoms with Crippen molar-refractivity contribution in [2.75, 3.05) is 19.0 Å². The lowest BCUT2D eigenvalue weighted by Gasteiger charge is -2.11. The second-order valence-electron chi connectivity index (χ2n) is 7.37. The molecule has 8 heteroatoms. The molecule has 0 unspecified atom stereocenters. The molecule has 0 radical (unpaired) electrons. The van der Waals surface area contributed by atoms with E-state index in [1.54, 1.807) is 31.4 Å². The summed E-state index contributed by atoms with van der Waals surface area (Å²) >= 11 is 0. The van der Waals surface area contributed by atoms with Crippen molar-refractivity contribution in [2.45, 2.75) is 19.6 Å². The minimum absolute atomic E-state index is 0.142. The zero-order valence-corrected chi connectivity index (χ0v) is 19.2. The number of ether oxygens (including phenoxy) is 1. The van der Waals surface area contributed by atoms with Gasteiger partial charge in [-0.2, -0.15) is 0 Å². The molecule has 32 heavy (non-hydrogen) atoms. The smallest absolute Gasteiger partial charge is 0.257 e. The summed E-state index contributed by atoms with van der Waals surface area (Å²) in [5, 5.41) is 2.88. The van der Waals surface area contributed by atoms with Gasteiger partial charge in [-0.3, -0.25) is 4.79 Å². The van der Waals surface area contributed by atoms with Gasteiger partial charge >= 0.3 is 0 Å². The zero-order valence-electron chi connectivity index (χ0n) is 18.4. The Balaban J connectivity index is 1.76. The van der Waals surface area contributed by atoms with Gasteiger partial charge in [-0.1, -0.05) is 24.3 Å². The zero-order chi connectivity index (χ0) is 23.3. The SMILES string of the molecule is C=CCNS(=O)(=O)Cc1ccc(NC(=O)c2cc(C)n(-c3cccc(OC)c3)c2C)cc1. The lowest BCUT2D eigenvalue weighted by molar-refractivity contribution is 0.102. The molecule has 0 aliphatic carbocycles. The first-order valence-electron chi connectivity index (χ1n) is 10.1. The van der Waals surface area contributed by atoms with Crippen molar-refractivity contribution in [1.82, 2.24) is 9.29 Å². The van der Waals surface area contributed by atoms with Gasteiger partial charge in [-0.05, 0) is 49.7 Å². The Morgan fingerprint density at radius 2 is 1.84 bits per heavy atom. The maximum atomic E-state index is 12.9. The van der Waals surface area contributed by atoms with Gasteiger partial charge in [0.05, 0.1) is 18.4 Å². The van der Waals surface area contributed by atoms with Crippen LogP contribution >= 0.6 is 0 Å².